The molecular formula is C22H30N2O3. The Balaban J connectivity index is 2.17. The van der Waals surface area contributed by atoms with Gasteiger partial charge in [-0.1, -0.05) is 19.1 Å². The zero-order valence-corrected chi connectivity index (χ0v) is 16.7. The molecular weight excluding hydrogens is 340 g/mol. The number of benzene rings is 1. The first-order chi connectivity index (χ1) is 13.0. The maximum Gasteiger partial charge on any atom is 0.259 e. The Morgan fingerprint density at radius 1 is 1.26 bits per heavy atom. The van der Waals surface area contributed by atoms with Crippen molar-refractivity contribution in [3.63, 3.8) is 0 Å². The Bertz CT molecular complexity index is 851. The molecule has 2 heterocycles. The van der Waals surface area contributed by atoms with E-state index in [-0.39, 0.29) is 17.4 Å². The van der Waals surface area contributed by atoms with Crippen LogP contribution in [0.4, 0.5) is 0 Å². The van der Waals surface area contributed by atoms with Gasteiger partial charge in [0.2, 0.25) is 0 Å². The molecule has 146 valence electrons. The minimum Gasteiger partial charge on any atom is -0.507 e. The lowest BCUT2D eigenvalue weighted by Gasteiger charge is -2.37. The second-order valence-electron chi connectivity index (χ2n) is 7.53. The van der Waals surface area contributed by atoms with E-state index in [9.17, 15) is 9.90 Å². The molecule has 1 atom stereocenters. The maximum atomic E-state index is 13.3. The molecule has 2 aromatic rings. The smallest absolute Gasteiger partial charge is 0.259 e. The highest BCUT2D eigenvalue weighted by Crippen LogP contribution is 2.36. The first-order valence-electron chi connectivity index (χ1n) is 9.77. The van der Waals surface area contributed by atoms with Crippen molar-refractivity contribution < 1.29 is 9.84 Å². The van der Waals surface area contributed by atoms with Crippen LogP contribution in [0.25, 0.3) is 0 Å². The summed E-state index contributed by atoms with van der Waals surface area (Å²) in [4.78, 5) is 15.6. The predicted octanol–water partition coefficient (Wildman–Crippen LogP) is 3.71. The van der Waals surface area contributed by atoms with Gasteiger partial charge in [-0.3, -0.25) is 9.69 Å². The minimum absolute atomic E-state index is 0.0774. The molecule has 0 unspecified atom stereocenters. The van der Waals surface area contributed by atoms with Crippen LogP contribution in [0.3, 0.4) is 0 Å². The molecule has 3 rings (SSSR count). The topological polar surface area (TPSA) is 54.7 Å². The predicted molar refractivity (Wildman–Crippen MR) is 108 cm³/mol. The average molecular weight is 370 g/mol. The van der Waals surface area contributed by atoms with Crippen molar-refractivity contribution in [1.29, 1.82) is 0 Å². The van der Waals surface area contributed by atoms with Gasteiger partial charge in [0.15, 0.2) is 0 Å². The van der Waals surface area contributed by atoms with Crippen molar-refractivity contribution in [3.8, 4) is 11.5 Å². The van der Waals surface area contributed by atoms with Crippen molar-refractivity contribution >= 4 is 0 Å². The molecule has 0 amide bonds. The molecule has 1 aliphatic rings. The molecule has 1 aliphatic heterocycles. The summed E-state index contributed by atoms with van der Waals surface area (Å²) in [7, 11) is 1.64. The number of aryl methyl sites for hydroxylation is 1. The molecule has 1 fully saturated rings. The van der Waals surface area contributed by atoms with Crippen LogP contribution in [0.15, 0.2) is 35.1 Å². The maximum absolute atomic E-state index is 13.3. The Morgan fingerprint density at radius 3 is 2.59 bits per heavy atom. The van der Waals surface area contributed by atoms with E-state index in [0.717, 1.165) is 42.9 Å². The van der Waals surface area contributed by atoms with E-state index in [1.165, 1.54) is 0 Å². The van der Waals surface area contributed by atoms with Crippen LogP contribution >= 0.6 is 0 Å². The van der Waals surface area contributed by atoms with Crippen LogP contribution in [-0.4, -0.2) is 34.8 Å². The summed E-state index contributed by atoms with van der Waals surface area (Å²) in [5.74, 6) is 1.52. The number of likely N-dealkylation sites (tertiary alicyclic amines) is 1. The Hall–Kier alpha value is -2.27. The van der Waals surface area contributed by atoms with Gasteiger partial charge in [-0.05, 0) is 69.5 Å². The molecule has 1 N–H and O–H groups in total. The number of pyridine rings is 1. The standard InChI is InChI=1S/C22H30N2O3/c1-5-24-16(3)13-19(25)20(22(24)26)21(23-11-9-15(2)10-12-23)17-7-6-8-18(14-17)27-4/h6-8,13-15,21,25H,5,9-12H2,1-4H3/t21-/m0/s1. The lowest BCUT2D eigenvalue weighted by molar-refractivity contribution is 0.154. The number of ether oxygens (including phenoxy) is 1. The first kappa shape index (κ1) is 19.5. The van der Waals surface area contributed by atoms with E-state index in [1.807, 2.05) is 38.1 Å². The van der Waals surface area contributed by atoms with Crippen molar-refractivity contribution in [2.45, 2.75) is 46.2 Å². The van der Waals surface area contributed by atoms with Crippen LogP contribution < -0.4 is 10.3 Å². The van der Waals surface area contributed by atoms with E-state index < -0.39 is 0 Å². The van der Waals surface area contributed by atoms with E-state index in [4.69, 9.17) is 4.74 Å². The monoisotopic (exact) mass is 370 g/mol. The summed E-state index contributed by atoms with van der Waals surface area (Å²) in [5, 5.41) is 10.8. The van der Waals surface area contributed by atoms with Crippen LogP contribution in [0.2, 0.25) is 0 Å². The third-order valence-corrected chi connectivity index (χ3v) is 5.71. The Kier molecular flexibility index (Phi) is 5.90. The molecule has 0 saturated carbocycles. The van der Waals surface area contributed by atoms with Gasteiger partial charge in [-0.2, -0.15) is 0 Å². The molecule has 5 nitrogen and oxygen atoms in total. The number of piperidine rings is 1. The van der Waals surface area contributed by atoms with Crippen molar-refractivity contribution in [2.24, 2.45) is 5.92 Å². The first-order valence-corrected chi connectivity index (χ1v) is 9.77. The van der Waals surface area contributed by atoms with Gasteiger partial charge < -0.3 is 14.4 Å². The van der Waals surface area contributed by atoms with Crippen molar-refractivity contribution in [2.75, 3.05) is 20.2 Å². The van der Waals surface area contributed by atoms with E-state index >= 15 is 0 Å². The fourth-order valence-electron chi connectivity index (χ4n) is 4.08. The Labute approximate surface area is 161 Å². The molecule has 27 heavy (non-hydrogen) atoms. The third kappa shape index (κ3) is 3.88. The highest BCUT2D eigenvalue weighted by Gasteiger charge is 2.31. The lowest BCUT2D eigenvalue weighted by atomic mass is 9.92. The third-order valence-electron chi connectivity index (χ3n) is 5.71. The fraction of sp³-hybridized carbons (Fsp3) is 0.500. The summed E-state index contributed by atoms with van der Waals surface area (Å²) in [6.45, 7) is 8.48. The lowest BCUT2D eigenvalue weighted by Crippen LogP contribution is -2.40. The minimum atomic E-state index is -0.279. The highest BCUT2D eigenvalue weighted by molar-refractivity contribution is 5.43. The van der Waals surface area contributed by atoms with Crippen LogP contribution in [0.5, 0.6) is 11.5 Å². The molecule has 0 spiro atoms. The molecule has 5 heteroatoms. The number of aromatic nitrogens is 1. The Morgan fingerprint density at radius 2 is 1.96 bits per heavy atom. The number of nitrogens with zero attached hydrogens (tertiary/aromatic N) is 2. The van der Waals surface area contributed by atoms with E-state index in [2.05, 4.69) is 11.8 Å². The fourth-order valence-corrected chi connectivity index (χ4v) is 4.08. The molecule has 1 aromatic carbocycles. The SMILES string of the molecule is CCn1c(C)cc(O)c([C@H](c2cccc(OC)c2)N2CCC(C)CC2)c1=O. The van der Waals surface area contributed by atoms with Gasteiger partial charge in [-0.25, -0.2) is 0 Å². The van der Waals surface area contributed by atoms with Gasteiger partial charge in [0, 0.05) is 12.2 Å². The van der Waals surface area contributed by atoms with Gasteiger partial charge >= 0.3 is 0 Å². The zero-order valence-electron chi connectivity index (χ0n) is 16.7. The normalized spacial score (nSPS) is 17.0. The van der Waals surface area contributed by atoms with Crippen LogP contribution in [0, 0.1) is 12.8 Å². The van der Waals surface area contributed by atoms with Crippen molar-refractivity contribution in [1.82, 2.24) is 9.47 Å². The summed E-state index contributed by atoms with van der Waals surface area (Å²) in [6.07, 6.45) is 2.18. The summed E-state index contributed by atoms with van der Waals surface area (Å²) in [5.41, 5.74) is 2.11. The average Bonchev–Trinajstić information content (AvgIpc) is 2.66. The molecule has 0 radical (unpaired) electrons. The summed E-state index contributed by atoms with van der Waals surface area (Å²) < 4.78 is 7.14. The van der Waals surface area contributed by atoms with Crippen molar-refractivity contribution in [3.05, 3.63) is 57.5 Å². The number of hydrogen-bond acceptors (Lipinski definition) is 4. The second kappa shape index (κ2) is 8.17. The number of aromatic hydroxyl groups is 1. The van der Waals surface area contributed by atoms with Gasteiger partial charge in [-0.15, -0.1) is 0 Å². The van der Waals surface area contributed by atoms with Crippen LogP contribution in [0.1, 0.15) is 49.6 Å². The number of hydrogen-bond donors (Lipinski definition) is 1. The van der Waals surface area contributed by atoms with E-state index in [1.54, 1.807) is 17.7 Å². The van der Waals surface area contributed by atoms with Crippen LogP contribution in [-0.2, 0) is 6.54 Å². The molecule has 1 saturated heterocycles. The molecule has 0 aliphatic carbocycles. The molecule has 1 aromatic heterocycles. The van der Waals surface area contributed by atoms with Gasteiger partial charge in [0.1, 0.15) is 11.5 Å². The summed E-state index contributed by atoms with van der Waals surface area (Å²) >= 11 is 0. The van der Waals surface area contributed by atoms with Gasteiger partial charge in [0.25, 0.3) is 5.56 Å². The number of methoxy groups -OCH3 is 1. The quantitative estimate of drug-likeness (QED) is 0.872. The second-order valence-corrected chi connectivity index (χ2v) is 7.53. The largest absolute Gasteiger partial charge is 0.507 e. The number of rotatable bonds is 5. The highest BCUT2D eigenvalue weighted by atomic mass is 16.5. The van der Waals surface area contributed by atoms with Gasteiger partial charge in [0.05, 0.1) is 18.7 Å². The molecule has 0 bridgehead atoms. The zero-order chi connectivity index (χ0) is 19.6. The van der Waals surface area contributed by atoms with E-state index in [0.29, 0.717) is 18.0 Å². The summed E-state index contributed by atoms with van der Waals surface area (Å²) in [6, 6.07) is 9.26.